The van der Waals surface area contributed by atoms with E-state index in [4.69, 9.17) is 19.9 Å². The van der Waals surface area contributed by atoms with Gasteiger partial charge in [-0.2, -0.15) is 0 Å². The standard InChI is InChI=1S/C28H31NO10/c1-11-12(2)38-19(7-15(11)29)39-17-9-28(36,18(31)10-30)8-14-21(17)27(35)23-22(25(14)33)24(32)13-5-4-6-16(37-3)20(13)26(23)34/h4-6,11-12,15,17,19,30,33,35-36H,7-10,29H2,1-3H3/t11-,12?,15+,17-,19-,28-/m0/s1. The van der Waals surface area contributed by atoms with Gasteiger partial charge in [-0.15, -0.1) is 0 Å². The summed E-state index contributed by atoms with van der Waals surface area (Å²) in [6.07, 6.45) is -3.11. The van der Waals surface area contributed by atoms with Crippen molar-refractivity contribution in [3.63, 3.8) is 0 Å². The topological polar surface area (TPSA) is 186 Å². The van der Waals surface area contributed by atoms with Crippen LogP contribution in [0.5, 0.6) is 17.2 Å². The number of ether oxygens (including phenoxy) is 3. The van der Waals surface area contributed by atoms with Crippen LogP contribution in [-0.2, 0) is 20.7 Å². The summed E-state index contributed by atoms with van der Waals surface area (Å²) >= 11 is 0. The van der Waals surface area contributed by atoms with Gasteiger partial charge in [-0.05, 0) is 18.9 Å². The Morgan fingerprint density at radius 2 is 1.82 bits per heavy atom. The summed E-state index contributed by atoms with van der Waals surface area (Å²) in [5.74, 6) is -3.53. The zero-order valence-corrected chi connectivity index (χ0v) is 21.8. The molecule has 39 heavy (non-hydrogen) atoms. The first-order chi connectivity index (χ1) is 18.4. The Morgan fingerprint density at radius 3 is 2.46 bits per heavy atom. The molecule has 0 saturated carbocycles. The van der Waals surface area contributed by atoms with Gasteiger partial charge in [0.2, 0.25) is 5.78 Å². The Kier molecular flexibility index (Phi) is 6.76. The van der Waals surface area contributed by atoms with Gasteiger partial charge in [-0.3, -0.25) is 14.4 Å². The number of phenols is 2. The number of fused-ring (bicyclic) bond motifs is 3. The van der Waals surface area contributed by atoms with Crippen LogP contribution in [0.4, 0.5) is 0 Å². The van der Waals surface area contributed by atoms with E-state index in [0.717, 1.165) is 0 Å². The van der Waals surface area contributed by atoms with Crippen LogP contribution in [0.15, 0.2) is 18.2 Å². The number of rotatable bonds is 5. The van der Waals surface area contributed by atoms with Gasteiger partial charge in [-0.1, -0.05) is 19.1 Å². The molecule has 208 valence electrons. The Morgan fingerprint density at radius 1 is 1.13 bits per heavy atom. The first-order valence-corrected chi connectivity index (χ1v) is 12.7. The monoisotopic (exact) mass is 541 g/mol. The van der Waals surface area contributed by atoms with Crippen LogP contribution in [0.2, 0.25) is 0 Å². The molecule has 0 radical (unpaired) electrons. The molecule has 2 aromatic rings. The van der Waals surface area contributed by atoms with Crippen molar-refractivity contribution in [2.45, 2.75) is 63.3 Å². The average molecular weight is 542 g/mol. The number of phenolic OH excluding ortho intramolecular Hbond substituents is 2. The summed E-state index contributed by atoms with van der Waals surface area (Å²) in [7, 11) is 1.34. The number of aromatic hydroxyl groups is 2. The number of hydrogen-bond donors (Lipinski definition) is 5. The predicted molar refractivity (Wildman–Crippen MR) is 135 cm³/mol. The maximum Gasteiger partial charge on any atom is 0.202 e. The number of ketones is 3. The van der Waals surface area contributed by atoms with E-state index < -0.39 is 77.4 Å². The molecule has 2 aromatic carbocycles. The molecule has 2 aliphatic carbocycles. The second-order valence-corrected chi connectivity index (χ2v) is 10.5. The normalized spacial score (nSPS) is 29.8. The zero-order chi connectivity index (χ0) is 28.4. The van der Waals surface area contributed by atoms with Crippen molar-refractivity contribution in [2.24, 2.45) is 11.7 Å². The van der Waals surface area contributed by atoms with Crippen LogP contribution in [0.25, 0.3) is 0 Å². The van der Waals surface area contributed by atoms with E-state index in [0.29, 0.717) is 0 Å². The SMILES string of the molecule is COc1cccc2c1C(=O)c1c(O)c3c(c(O)c1C2=O)C[C@@](O)(C(=O)CO)C[C@@H]3O[C@H]1C[C@@H](N)[C@@H](C)C(C)O1. The van der Waals surface area contributed by atoms with E-state index in [2.05, 4.69) is 0 Å². The van der Waals surface area contributed by atoms with Gasteiger partial charge in [0.25, 0.3) is 0 Å². The number of hydrogen-bond acceptors (Lipinski definition) is 11. The summed E-state index contributed by atoms with van der Waals surface area (Å²) < 4.78 is 17.4. The van der Waals surface area contributed by atoms with E-state index >= 15 is 0 Å². The highest BCUT2D eigenvalue weighted by molar-refractivity contribution is 6.31. The molecule has 0 aromatic heterocycles. The minimum absolute atomic E-state index is 0.0274. The molecule has 0 bridgehead atoms. The Balaban J connectivity index is 1.69. The van der Waals surface area contributed by atoms with Gasteiger partial charge >= 0.3 is 0 Å². The lowest BCUT2D eigenvalue weighted by molar-refractivity contribution is -0.236. The molecule has 1 fully saturated rings. The molecule has 1 heterocycles. The molecule has 11 nitrogen and oxygen atoms in total. The van der Waals surface area contributed by atoms with Crippen molar-refractivity contribution in [3.8, 4) is 17.2 Å². The number of Topliss-reactive ketones (excluding diaryl/α,β-unsaturated/α-hetero) is 1. The van der Waals surface area contributed by atoms with Crippen LogP contribution in [0.1, 0.15) is 75.8 Å². The number of aliphatic hydroxyl groups excluding tert-OH is 1. The fourth-order valence-electron chi connectivity index (χ4n) is 5.87. The molecule has 3 aliphatic rings. The van der Waals surface area contributed by atoms with Crippen molar-refractivity contribution < 1.29 is 49.0 Å². The molecule has 6 N–H and O–H groups in total. The lowest BCUT2D eigenvalue weighted by atomic mass is 9.72. The number of aliphatic hydroxyl groups is 2. The smallest absolute Gasteiger partial charge is 0.202 e. The molecule has 1 unspecified atom stereocenters. The number of nitrogens with two attached hydrogens (primary N) is 1. The Hall–Kier alpha value is -3.35. The number of carbonyl (C=O) groups excluding carboxylic acids is 3. The van der Waals surface area contributed by atoms with Crippen molar-refractivity contribution in [1.29, 1.82) is 0 Å². The summed E-state index contributed by atoms with van der Waals surface area (Å²) in [5.41, 5.74) is 2.91. The summed E-state index contributed by atoms with van der Waals surface area (Å²) in [5, 5.41) is 43.7. The Labute approximate surface area is 224 Å². The molecule has 5 rings (SSSR count). The molecule has 6 atom stereocenters. The maximum atomic E-state index is 13.7. The van der Waals surface area contributed by atoms with Gasteiger partial charge in [0.1, 0.15) is 29.5 Å². The fraction of sp³-hybridized carbons (Fsp3) is 0.464. The van der Waals surface area contributed by atoms with E-state index in [-0.39, 0.29) is 52.5 Å². The van der Waals surface area contributed by atoms with Crippen LogP contribution in [0.3, 0.4) is 0 Å². The minimum atomic E-state index is -2.19. The van der Waals surface area contributed by atoms with Crippen LogP contribution >= 0.6 is 0 Å². The van der Waals surface area contributed by atoms with Crippen molar-refractivity contribution in [2.75, 3.05) is 13.7 Å². The van der Waals surface area contributed by atoms with E-state index in [1.165, 1.54) is 25.3 Å². The second kappa shape index (κ2) is 9.68. The number of methoxy groups -OCH3 is 1. The minimum Gasteiger partial charge on any atom is -0.507 e. The predicted octanol–water partition coefficient (Wildman–Crippen LogP) is 1.28. The zero-order valence-electron chi connectivity index (χ0n) is 21.8. The fourth-order valence-corrected chi connectivity index (χ4v) is 5.87. The molecule has 11 heteroatoms. The van der Waals surface area contributed by atoms with Gasteiger partial charge in [0.05, 0.1) is 36.0 Å². The molecular weight excluding hydrogens is 510 g/mol. The highest BCUT2D eigenvalue weighted by atomic mass is 16.7. The van der Waals surface area contributed by atoms with E-state index in [1.807, 2.05) is 13.8 Å². The van der Waals surface area contributed by atoms with Crippen LogP contribution < -0.4 is 10.5 Å². The van der Waals surface area contributed by atoms with Crippen LogP contribution in [0, 0.1) is 5.92 Å². The average Bonchev–Trinajstić information content (AvgIpc) is 2.90. The summed E-state index contributed by atoms with van der Waals surface area (Å²) in [6.45, 7) is 2.78. The van der Waals surface area contributed by atoms with E-state index in [1.54, 1.807) is 0 Å². The van der Waals surface area contributed by atoms with Gasteiger partial charge in [-0.25, -0.2) is 0 Å². The Bertz CT molecular complexity index is 1380. The van der Waals surface area contributed by atoms with Gasteiger partial charge < -0.3 is 40.4 Å². The molecule has 1 saturated heterocycles. The van der Waals surface area contributed by atoms with Crippen molar-refractivity contribution in [3.05, 3.63) is 51.6 Å². The van der Waals surface area contributed by atoms with Crippen LogP contribution in [-0.4, -0.2) is 75.5 Å². The first-order valence-electron chi connectivity index (χ1n) is 12.7. The molecular formula is C28H31NO10. The lowest BCUT2D eigenvalue weighted by Crippen LogP contribution is -2.50. The third-order valence-electron chi connectivity index (χ3n) is 8.30. The van der Waals surface area contributed by atoms with Gasteiger partial charge in [0, 0.05) is 42.0 Å². The third-order valence-corrected chi connectivity index (χ3v) is 8.30. The highest BCUT2D eigenvalue weighted by Crippen LogP contribution is 2.52. The van der Waals surface area contributed by atoms with Gasteiger partial charge in [0.15, 0.2) is 17.9 Å². The van der Waals surface area contributed by atoms with Crippen molar-refractivity contribution in [1.82, 2.24) is 0 Å². The second-order valence-electron chi connectivity index (χ2n) is 10.5. The number of carbonyl (C=O) groups is 3. The summed E-state index contributed by atoms with van der Waals surface area (Å²) in [4.78, 5) is 39.8. The maximum absolute atomic E-state index is 13.7. The molecule has 0 amide bonds. The first kappa shape index (κ1) is 27.2. The number of benzene rings is 2. The van der Waals surface area contributed by atoms with E-state index in [9.17, 15) is 34.8 Å². The summed E-state index contributed by atoms with van der Waals surface area (Å²) in [6, 6.07) is 4.14. The largest absolute Gasteiger partial charge is 0.507 e. The highest BCUT2D eigenvalue weighted by Gasteiger charge is 2.50. The molecule has 1 aliphatic heterocycles. The lowest BCUT2D eigenvalue weighted by Gasteiger charge is -2.42. The molecule has 0 spiro atoms. The quantitative estimate of drug-likeness (QED) is 0.293. The third kappa shape index (κ3) is 4.12. The van der Waals surface area contributed by atoms with Crippen molar-refractivity contribution >= 4 is 17.3 Å².